The summed E-state index contributed by atoms with van der Waals surface area (Å²) in [4.78, 5) is 5.28. The first-order valence-electron chi connectivity index (χ1n) is 20.0. The predicted molar refractivity (Wildman–Crippen MR) is 249 cm³/mol. The van der Waals surface area contributed by atoms with Crippen LogP contribution in [-0.2, 0) is 4.57 Å². The lowest BCUT2D eigenvalue weighted by atomic mass is 9.94. The Balaban J connectivity index is 1.11. The smallest absolute Gasteiger partial charge is 0.171 e. The Morgan fingerprint density at radius 2 is 0.949 bits per heavy atom. The monoisotopic (exact) mass is 772 g/mol. The molecule has 0 fully saturated rings. The summed E-state index contributed by atoms with van der Waals surface area (Å²) in [6.07, 6.45) is 0. The molecule has 278 valence electrons. The average molecular weight is 773 g/mol. The molecule has 0 N–H and O–H groups in total. The molecule has 11 aromatic rings. The second-order valence-corrected chi connectivity index (χ2v) is 17.8. The van der Waals surface area contributed by atoms with E-state index in [4.69, 9.17) is 4.98 Å². The summed E-state index contributed by atoms with van der Waals surface area (Å²) in [5.41, 5.74) is 10.9. The minimum absolute atomic E-state index is 0.817. The van der Waals surface area contributed by atoms with E-state index in [2.05, 4.69) is 156 Å². The van der Waals surface area contributed by atoms with Crippen molar-refractivity contribution in [3.8, 4) is 39.2 Å². The minimum Gasteiger partial charge on any atom is -0.309 e. The van der Waals surface area contributed by atoms with Crippen LogP contribution < -0.4 is 15.9 Å². The quantitative estimate of drug-likeness (QED) is 0.119. The molecule has 0 atom stereocenters. The molecule has 2 heterocycles. The topological polar surface area (TPSA) is 34.9 Å². The van der Waals surface area contributed by atoms with Crippen LogP contribution in [0.3, 0.4) is 0 Å². The van der Waals surface area contributed by atoms with E-state index < -0.39 is 7.14 Å². The van der Waals surface area contributed by atoms with Crippen LogP contribution in [0.1, 0.15) is 0 Å². The van der Waals surface area contributed by atoms with Crippen molar-refractivity contribution in [1.29, 1.82) is 0 Å². The second kappa shape index (κ2) is 14.3. The third kappa shape index (κ3) is 5.82. The van der Waals surface area contributed by atoms with Gasteiger partial charge in [0.05, 0.1) is 22.2 Å². The maximum atomic E-state index is 15.1. The first-order chi connectivity index (χ1) is 29.1. The second-order valence-electron chi connectivity index (χ2n) is 15.0. The highest BCUT2D eigenvalue weighted by atomic mass is 31.2. The van der Waals surface area contributed by atoms with Crippen LogP contribution in [0.2, 0.25) is 0 Å². The van der Waals surface area contributed by atoms with Gasteiger partial charge >= 0.3 is 0 Å². The number of nitrogens with zero attached hydrogens (tertiary/aromatic N) is 2. The van der Waals surface area contributed by atoms with Gasteiger partial charge in [-0.25, -0.2) is 4.98 Å². The van der Waals surface area contributed by atoms with Gasteiger partial charge in [0, 0.05) is 48.7 Å². The van der Waals surface area contributed by atoms with Crippen molar-refractivity contribution in [3.63, 3.8) is 0 Å². The van der Waals surface area contributed by atoms with Crippen molar-refractivity contribution in [3.05, 3.63) is 224 Å². The normalized spacial score (nSPS) is 11.8. The molecule has 0 aliphatic rings. The lowest BCUT2D eigenvalue weighted by Crippen LogP contribution is -2.24. The Labute approximate surface area is 342 Å². The molecule has 9 aromatic carbocycles. The molecule has 4 heteroatoms. The molecular weight excluding hydrogens is 736 g/mol. The van der Waals surface area contributed by atoms with Crippen molar-refractivity contribution in [2.75, 3.05) is 0 Å². The van der Waals surface area contributed by atoms with Gasteiger partial charge in [0.25, 0.3) is 0 Å². The summed E-state index contributed by atoms with van der Waals surface area (Å²) < 4.78 is 17.5. The molecule has 0 amide bonds. The summed E-state index contributed by atoms with van der Waals surface area (Å²) in [7, 11) is -3.08. The number of pyridine rings is 1. The van der Waals surface area contributed by atoms with Gasteiger partial charge in [0.1, 0.15) is 0 Å². The molecule has 0 unspecified atom stereocenters. The highest BCUT2D eigenvalue weighted by molar-refractivity contribution is 7.85. The van der Waals surface area contributed by atoms with Crippen LogP contribution in [0.25, 0.3) is 82.7 Å². The minimum atomic E-state index is -3.08. The Kier molecular flexibility index (Phi) is 8.43. The predicted octanol–water partition coefficient (Wildman–Crippen LogP) is 13.1. The van der Waals surface area contributed by atoms with Gasteiger partial charge in [-0.05, 0) is 70.1 Å². The van der Waals surface area contributed by atoms with E-state index in [1.807, 2.05) is 72.8 Å². The average Bonchev–Trinajstić information content (AvgIpc) is 3.65. The van der Waals surface area contributed by atoms with Crippen molar-refractivity contribution in [2.45, 2.75) is 0 Å². The molecule has 2 aromatic heterocycles. The number of hydrogen-bond donors (Lipinski definition) is 0. The number of benzene rings is 9. The largest absolute Gasteiger partial charge is 0.309 e. The third-order valence-corrected chi connectivity index (χ3v) is 14.7. The Bertz CT molecular complexity index is 3340. The fraction of sp³-hybridized carbons (Fsp3) is 0. The van der Waals surface area contributed by atoms with Gasteiger partial charge in [0.15, 0.2) is 7.14 Å². The maximum Gasteiger partial charge on any atom is 0.171 e. The van der Waals surface area contributed by atoms with Crippen LogP contribution in [-0.4, -0.2) is 9.55 Å². The van der Waals surface area contributed by atoms with Crippen LogP contribution in [0.5, 0.6) is 0 Å². The molecule has 59 heavy (non-hydrogen) atoms. The summed E-state index contributed by atoms with van der Waals surface area (Å²) in [5, 5.41) is 8.29. The highest BCUT2D eigenvalue weighted by Gasteiger charge is 2.29. The summed E-state index contributed by atoms with van der Waals surface area (Å²) in [6, 6.07) is 77.9. The van der Waals surface area contributed by atoms with E-state index in [1.165, 1.54) is 16.2 Å². The number of fused-ring (bicyclic) bond motifs is 6. The van der Waals surface area contributed by atoms with E-state index >= 15 is 4.57 Å². The van der Waals surface area contributed by atoms with Gasteiger partial charge in [-0.15, -0.1) is 0 Å². The van der Waals surface area contributed by atoms with Gasteiger partial charge in [-0.2, -0.15) is 0 Å². The van der Waals surface area contributed by atoms with Crippen LogP contribution in [0.4, 0.5) is 0 Å². The Hall–Kier alpha value is -7.32. The van der Waals surface area contributed by atoms with Crippen LogP contribution in [0.15, 0.2) is 224 Å². The summed E-state index contributed by atoms with van der Waals surface area (Å²) >= 11 is 0. The highest BCUT2D eigenvalue weighted by Crippen LogP contribution is 2.45. The molecular formula is C55H37N2OP. The van der Waals surface area contributed by atoms with E-state index in [-0.39, 0.29) is 0 Å². The van der Waals surface area contributed by atoms with Crippen molar-refractivity contribution in [1.82, 2.24) is 9.55 Å². The zero-order valence-electron chi connectivity index (χ0n) is 32.1. The number of rotatable bonds is 7. The molecule has 3 nitrogen and oxygen atoms in total. The van der Waals surface area contributed by atoms with Crippen molar-refractivity contribution < 1.29 is 4.57 Å². The van der Waals surface area contributed by atoms with E-state index in [9.17, 15) is 0 Å². The number of hydrogen-bond acceptors (Lipinski definition) is 2. The Morgan fingerprint density at radius 3 is 1.66 bits per heavy atom. The molecule has 0 saturated heterocycles. The maximum absolute atomic E-state index is 15.1. The Morgan fingerprint density at radius 1 is 0.373 bits per heavy atom. The summed E-state index contributed by atoms with van der Waals surface area (Å²) in [5.74, 6) is 0. The van der Waals surface area contributed by atoms with Gasteiger partial charge in [0.2, 0.25) is 0 Å². The van der Waals surface area contributed by atoms with E-state index in [1.54, 1.807) is 0 Å². The lowest BCUT2D eigenvalue weighted by Gasteiger charge is -2.20. The molecule has 0 bridgehead atoms. The fourth-order valence-electron chi connectivity index (χ4n) is 8.88. The van der Waals surface area contributed by atoms with Gasteiger partial charge in [-0.1, -0.05) is 182 Å². The summed E-state index contributed by atoms with van der Waals surface area (Å²) in [6.45, 7) is 0. The van der Waals surface area contributed by atoms with E-state index in [0.717, 1.165) is 82.4 Å². The molecule has 0 aliphatic heterocycles. The molecule has 11 rings (SSSR count). The number of para-hydroxylation sites is 2. The molecule has 0 spiro atoms. The molecule has 0 saturated carbocycles. The standard InChI is InChI=1S/C55H37N2OP/c58-59(43-23-9-3-10-24-43,44-25-11-4-12-26-44)45-33-31-38(32-34-45)40-19-15-20-41(35-40)46-28-16-30-52-54(46)50-36-49-48(37-53(50)57(52)42-21-7-2-8-22-42)47-27-13-14-29-51(47)56-55(49)39-17-5-1-6-18-39/h1-37H. The first-order valence-corrected chi connectivity index (χ1v) is 21.7. The zero-order chi connectivity index (χ0) is 39.3. The van der Waals surface area contributed by atoms with Crippen molar-refractivity contribution >= 4 is 66.5 Å². The van der Waals surface area contributed by atoms with Gasteiger partial charge in [-0.3, -0.25) is 0 Å². The van der Waals surface area contributed by atoms with Crippen molar-refractivity contribution in [2.24, 2.45) is 0 Å². The van der Waals surface area contributed by atoms with Crippen LogP contribution in [0, 0.1) is 0 Å². The molecule has 0 radical (unpaired) electrons. The van der Waals surface area contributed by atoms with Gasteiger partial charge < -0.3 is 9.13 Å². The molecule has 0 aliphatic carbocycles. The zero-order valence-corrected chi connectivity index (χ0v) is 33.0. The van der Waals surface area contributed by atoms with E-state index in [0.29, 0.717) is 0 Å². The fourth-order valence-corrected chi connectivity index (χ4v) is 11.5. The SMILES string of the molecule is O=P(c1ccccc1)(c1ccccc1)c1ccc(-c2cccc(-c3cccc4c3c3cc5c(-c6ccccc6)nc6ccccc6c5cc3n4-c3ccccc3)c2)cc1. The third-order valence-electron chi connectivity index (χ3n) is 11.7. The number of aromatic nitrogens is 2. The first kappa shape index (κ1) is 34.9. The lowest BCUT2D eigenvalue weighted by molar-refractivity contribution is 0.592. The van der Waals surface area contributed by atoms with Crippen LogP contribution >= 0.6 is 7.14 Å².